The Labute approximate surface area is 200 Å². The number of carbonyl (C=O) groups is 2. The molecule has 0 aliphatic rings. The zero-order chi connectivity index (χ0) is 24.5. The number of rotatable bonds is 11. The summed E-state index contributed by atoms with van der Waals surface area (Å²) in [6.45, 7) is 10.9. The molecule has 0 aliphatic heterocycles. The molecule has 0 unspecified atom stereocenters. The van der Waals surface area contributed by atoms with Crippen molar-refractivity contribution in [3.05, 3.63) is 59.7 Å². The van der Waals surface area contributed by atoms with Gasteiger partial charge in [0.1, 0.15) is 0 Å². The van der Waals surface area contributed by atoms with Crippen molar-refractivity contribution in [3.63, 3.8) is 0 Å². The van der Waals surface area contributed by atoms with Gasteiger partial charge in [0.15, 0.2) is 0 Å². The topological polar surface area (TPSA) is 52.7 Å². The van der Waals surface area contributed by atoms with Crippen LogP contribution in [0.2, 0.25) is 0 Å². The minimum absolute atomic E-state index is 0.0125. The number of nitrogens with zero attached hydrogens (tertiary/aromatic N) is 2. The highest BCUT2D eigenvalue weighted by atomic mass is 16.2. The third-order valence-electron chi connectivity index (χ3n) is 6.09. The van der Waals surface area contributed by atoms with E-state index < -0.39 is 0 Å². The Morgan fingerprint density at radius 2 is 1.61 bits per heavy atom. The third kappa shape index (κ3) is 7.34. The maximum absolute atomic E-state index is 13.8. The van der Waals surface area contributed by atoms with Crippen molar-refractivity contribution in [2.75, 3.05) is 24.3 Å². The Balaban J connectivity index is 2.39. The Morgan fingerprint density at radius 1 is 0.939 bits per heavy atom. The first kappa shape index (κ1) is 26.4. The van der Waals surface area contributed by atoms with Crippen LogP contribution >= 0.6 is 0 Å². The number of amides is 2. The molecule has 2 aromatic carbocycles. The fourth-order valence-corrected chi connectivity index (χ4v) is 4.10. The molecule has 2 amide bonds. The lowest BCUT2D eigenvalue weighted by atomic mass is 9.94. The smallest absolute Gasteiger partial charge is 0.230 e. The van der Waals surface area contributed by atoms with Gasteiger partial charge in [-0.05, 0) is 55.0 Å². The van der Waals surface area contributed by atoms with E-state index in [1.807, 2.05) is 81.4 Å². The van der Waals surface area contributed by atoms with Gasteiger partial charge in [-0.25, -0.2) is 0 Å². The minimum atomic E-state index is -0.170. The fourth-order valence-electron chi connectivity index (χ4n) is 4.10. The summed E-state index contributed by atoms with van der Waals surface area (Å²) in [6.07, 6.45) is 2.11. The van der Waals surface area contributed by atoms with Gasteiger partial charge >= 0.3 is 0 Å². The molecule has 180 valence electrons. The fraction of sp³-hybridized carbons (Fsp3) is 0.500. The van der Waals surface area contributed by atoms with Gasteiger partial charge in [0.2, 0.25) is 11.8 Å². The molecular formula is C28H41N3O2. The summed E-state index contributed by atoms with van der Waals surface area (Å²) in [4.78, 5) is 30.2. The number of benzene rings is 2. The Hall–Kier alpha value is -2.82. The summed E-state index contributed by atoms with van der Waals surface area (Å²) in [6, 6.07) is 16.1. The molecule has 0 radical (unpaired) electrons. The predicted molar refractivity (Wildman–Crippen MR) is 139 cm³/mol. The molecule has 2 atom stereocenters. The van der Waals surface area contributed by atoms with Crippen LogP contribution < -0.4 is 10.2 Å². The minimum Gasteiger partial charge on any atom is -0.377 e. The summed E-state index contributed by atoms with van der Waals surface area (Å²) in [7, 11) is 4.01. The molecule has 0 aromatic heterocycles. The second-order valence-electron chi connectivity index (χ2n) is 9.48. The second kappa shape index (κ2) is 12.4. The van der Waals surface area contributed by atoms with Gasteiger partial charge in [0.25, 0.3) is 0 Å². The van der Waals surface area contributed by atoms with Crippen molar-refractivity contribution in [1.82, 2.24) is 4.90 Å². The highest BCUT2D eigenvalue weighted by Crippen LogP contribution is 2.29. The first-order valence-electron chi connectivity index (χ1n) is 12.1. The van der Waals surface area contributed by atoms with Gasteiger partial charge in [0, 0.05) is 44.5 Å². The molecular weight excluding hydrogens is 410 g/mol. The van der Waals surface area contributed by atoms with E-state index in [-0.39, 0.29) is 23.8 Å². The molecule has 0 spiro atoms. The Bertz CT molecular complexity index is 909. The van der Waals surface area contributed by atoms with Crippen molar-refractivity contribution in [2.45, 2.75) is 72.4 Å². The van der Waals surface area contributed by atoms with E-state index >= 15 is 0 Å². The van der Waals surface area contributed by atoms with Crippen LogP contribution in [0.25, 0.3) is 0 Å². The van der Waals surface area contributed by atoms with Crippen LogP contribution in [0.5, 0.6) is 0 Å². The van der Waals surface area contributed by atoms with Crippen molar-refractivity contribution in [2.24, 2.45) is 5.92 Å². The molecule has 33 heavy (non-hydrogen) atoms. The first-order valence-corrected chi connectivity index (χ1v) is 12.1. The van der Waals surface area contributed by atoms with Crippen molar-refractivity contribution in [1.29, 1.82) is 0 Å². The summed E-state index contributed by atoms with van der Waals surface area (Å²) >= 11 is 0. The van der Waals surface area contributed by atoms with Gasteiger partial charge < -0.3 is 15.1 Å². The molecule has 1 N–H and O–H groups in total. The van der Waals surface area contributed by atoms with Crippen molar-refractivity contribution < 1.29 is 9.59 Å². The molecule has 0 saturated heterocycles. The lowest BCUT2D eigenvalue weighted by Crippen LogP contribution is -2.41. The number of hydrogen-bond acceptors (Lipinski definition) is 3. The van der Waals surface area contributed by atoms with Crippen LogP contribution in [0.1, 0.15) is 70.9 Å². The monoisotopic (exact) mass is 451 g/mol. The SMILES string of the molecule is CC[C@@H](C)N(Cc1cc(NC(=O)CC(C)C)ccc1N(C)C)C(=O)[C@H](CC)c1ccccc1. The van der Waals surface area contributed by atoms with Gasteiger partial charge in [-0.15, -0.1) is 0 Å². The van der Waals surface area contributed by atoms with Crippen LogP contribution in [0.15, 0.2) is 48.5 Å². The first-order chi connectivity index (χ1) is 15.7. The van der Waals surface area contributed by atoms with Gasteiger partial charge in [-0.1, -0.05) is 58.0 Å². The van der Waals surface area contributed by atoms with Crippen molar-refractivity contribution >= 4 is 23.2 Å². The molecule has 5 heteroatoms. The molecule has 0 fully saturated rings. The number of anilines is 2. The molecule has 0 aliphatic carbocycles. The quantitative estimate of drug-likeness (QED) is 0.452. The number of carbonyl (C=O) groups excluding carboxylic acids is 2. The average Bonchev–Trinajstić information content (AvgIpc) is 2.77. The lowest BCUT2D eigenvalue weighted by molar-refractivity contribution is -0.135. The largest absolute Gasteiger partial charge is 0.377 e. The van der Waals surface area contributed by atoms with E-state index in [0.717, 1.165) is 35.3 Å². The highest BCUT2D eigenvalue weighted by Gasteiger charge is 2.28. The van der Waals surface area contributed by atoms with E-state index in [4.69, 9.17) is 0 Å². The Kier molecular flexibility index (Phi) is 9.95. The van der Waals surface area contributed by atoms with E-state index in [1.54, 1.807) is 0 Å². The van der Waals surface area contributed by atoms with E-state index in [2.05, 4.69) is 31.0 Å². The van der Waals surface area contributed by atoms with Crippen LogP contribution in [0, 0.1) is 5.92 Å². The van der Waals surface area contributed by atoms with Crippen LogP contribution in [0.3, 0.4) is 0 Å². The normalized spacial score (nSPS) is 12.8. The van der Waals surface area contributed by atoms with Gasteiger partial charge in [-0.3, -0.25) is 9.59 Å². The zero-order valence-corrected chi connectivity index (χ0v) is 21.4. The van der Waals surface area contributed by atoms with E-state index in [0.29, 0.717) is 18.9 Å². The molecule has 2 aromatic rings. The maximum atomic E-state index is 13.8. The number of nitrogens with one attached hydrogen (secondary N) is 1. The highest BCUT2D eigenvalue weighted by molar-refractivity contribution is 5.91. The van der Waals surface area contributed by atoms with Crippen LogP contribution in [-0.4, -0.2) is 36.9 Å². The summed E-state index contributed by atoms with van der Waals surface area (Å²) in [5.41, 5.74) is 3.90. The molecule has 0 heterocycles. The van der Waals surface area contributed by atoms with Crippen LogP contribution in [-0.2, 0) is 16.1 Å². The standard InChI is InChI=1S/C28H41N3O2/c1-8-21(5)31(28(33)25(9-2)22-13-11-10-12-14-22)19-23-18-24(15-16-26(23)30(6)7)29-27(32)17-20(3)4/h10-16,18,20-21,25H,8-9,17,19H2,1-7H3,(H,29,32)/t21-,25-/m1/s1. The zero-order valence-electron chi connectivity index (χ0n) is 21.4. The summed E-state index contributed by atoms with van der Waals surface area (Å²) in [5, 5.41) is 3.02. The summed E-state index contributed by atoms with van der Waals surface area (Å²) in [5.74, 6) is 0.292. The molecule has 0 saturated carbocycles. The number of hydrogen-bond donors (Lipinski definition) is 1. The van der Waals surface area contributed by atoms with Crippen molar-refractivity contribution in [3.8, 4) is 0 Å². The second-order valence-corrected chi connectivity index (χ2v) is 9.48. The predicted octanol–water partition coefficient (Wildman–Crippen LogP) is 6.06. The average molecular weight is 452 g/mol. The van der Waals surface area contributed by atoms with Crippen LogP contribution in [0.4, 0.5) is 11.4 Å². The van der Waals surface area contributed by atoms with E-state index in [1.165, 1.54) is 0 Å². The Morgan fingerprint density at radius 3 is 2.15 bits per heavy atom. The lowest BCUT2D eigenvalue weighted by Gasteiger charge is -2.33. The maximum Gasteiger partial charge on any atom is 0.230 e. The molecule has 5 nitrogen and oxygen atoms in total. The molecule has 2 rings (SSSR count). The third-order valence-corrected chi connectivity index (χ3v) is 6.09. The van der Waals surface area contributed by atoms with Gasteiger partial charge in [-0.2, -0.15) is 0 Å². The van der Waals surface area contributed by atoms with E-state index in [9.17, 15) is 9.59 Å². The summed E-state index contributed by atoms with van der Waals surface area (Å²) < 4.78 is 0. The van der Waals surface area contributed by atoms with Gasteiger partial charge in [0.05, 0.1) is 5.92 Å². The molecule has 0 bridgehead atoms.